The minimum absolute atomic E-state index is 0.0543. The number of anilines is 2. The van der Waals surface area contributed by atoms with Gasteiger partial charge in [0.25, 0.3) is 5.91 Å². The first kappa shape index (κ1) is 22.0. The van der Waals surface area contributed by atoms with E-state index < -0.39 is 0 Å². The molecule has 0 aliphatic rings. The highest BCUT2D eigenvalue weighted by Gasteiger charge is 2.09. The molecule has 7 heteroatoms. The molecule has 0 spiro atoms. The Balaban J connectivity index is 1.37. The van der Waals surface area contributed by atoms with Gasteiger partial charge in [0.1, 0.15) is 6.33 Å². The Morgan fingerprint density at radius 3 is 2.52 bits per heavy atom. The van der Waals surface area contributed by atoms with Gasteiger partial charge in [-0.3, -0.25) is 9.59 Å². The van der Waals surface area contributed by atoms with E-state index in [4.69, 9.17) is 5.73 Å². The van der Waals surface area contributed by atoms with Crippen molar-refractivity contribution in [1.29, 1.82) is 0 Å². The number of nitrogens with zero attached hydrogens (tertiary/aromatic N) is 2. The van der Waals surface area contributed by atoms with Crippen LogP contribution in [0.5, 0.6) is 0 Å². The number of rotatable bonds is 9. The number of nitrogens with one attached hydrogen (secondary N) is 2. The highest BCUT2D eigenvalue weighted by molar-refractivity contribution is 5.95. The van der Waals surface area contributed by atoms with Crippen molar-refractivity contribution in [2.45, 2.75) is 32.6 Å². The minimum atomic E-state index is -0.101. The fraction of sp³-hybridized carbons (Fsp3) is 0.250. The topological polar surface area (TPSA) is 110 Å². The number of unbranched alkanes of at least 4 members (excludes halogenated alkanes) is 2. The van der Waals surface area contributed by atoms with Crippen molar-refractivity contribution >= 4 is 23.2 Å². The Labute approximate surface area is 182 Å². The van der Waals surface area contributed by atoms with Crippen LogP contribution in [0.25, 0.3) is 11.1 Å². The van der Waals surface area contributed by atoms with Crippen LogP contribution in [0.4, 0.5) is 11.4 Å². The van der Waals surface area contributed by atoms with Crippen LogP contribution in [0.15, 0.2) is 61.2 Å². The van der Waals surface area contributed by atoms with Gasteiger partial charge in [0.2, 0.25) is 5.91 Å². The van der Waals surface area contributed by atoms with Gasteiger partial charge in [-0.2, -0.15) is 0 Å². The first-order valence-corrected chi connectivity index (χ1v) is 10.3. The Kier molecular flexibility index (Phi) is 7.70. The number of para-hydroxylation sites is 2. The minimum Gasteiger partial charge on any atom is -0.397 e. The molecular formula is C24H27N5O2. The van der Waals surface area contributed by atoms with Gasteiger partial charge in [0, 0.05) is 36.5 Å². The van der Waals surface area contributed by atoms with Crippen LogP contribution in [0.1, 0.15) is 41.6 Å². The van der Waals surface area contributed by atoms with Crippen molar-refractivity contribution < 1.29 is 9.59 Å². The smallest absolute Gasteiger partial charge is 0.251 e. The molecule has 1 heterocycles. The number of benzene rings is 2. The molecule has 0 atom stereocenters. The molecule has 3 rings (SSSR count). The molecule has 0 bridgehead atoms. The molecular weight excluding hydrogens is 390 g/mol. The highest BCUT2D eigenvalue weighted by Crippen LogP contribution is 2.23. The second kappa shape index (κ2) is 10.9. The molecule has 4 N–H and O–H groups in total. The van der Waals surface area contributed by atoms with Crippen LogP contribution < -0.4 is 16.4 Å². The summed E-state index contributed by atoms with van der Waals surface area (Å²) in [6, 6.07) is 12.8. The zero-order valence-electron chi connectivity index (χ0n) is 17.6. The maximum absolute atomic E-state index is 12.4. The van der Waals surface area contributed by atoms with Crippen molar-refractivity contribution in [3.05, 3.63) is 72.3 Å². The fourth-order valence-corrected chi connectivity index (χ4v) is 3.28. The summed E-state index contributed by atoms with van der Waals surface area (Å²) in [5, 5.41) is 5.76. The predicted molar refractivity (Wildman–Crippen MR) is 122 cm³/mol. The molecule has 0 radical (unpaired) electrons. The lowest BCUT2D eigenvalue weighted by atomic mass is 10.0. The van der Waals surface area contributed by atoms with Crippen molar-refractivity contribution in [3.63, 3.8) is 0 Å². The lowest BCUT2D eigenvalue weighted by Gasteiger charge is -2.09. The van der Waals surface area contributed by atoms with Crippen LogP contribution in [0, 0.1) is 6.92 Å². The largest absolute Gasteiger partial charge is 0.397 e. The predicted octanol–water partition coefficient (Wildman–Crippen LogP) is 3.96. The van der Waals surface area contributed by atoms with Gasteiger partial charge in [-0.15, -0.1) is 0 Å². The van der Waals surface area contributed by atoms with Gasteiger partial charge in [-0.25, -0.2) is 9.97 Å². The van der Waals surface area contributed by atoms with E-state index in [0.29, 0.717) is 29.9 Å². The SMILES string of the molecule is Cc1cc(C(=O)NCCCCCC(=O)Nc2ccccc2N)ccc1-c1cncnc1. The third-order valence-corrected chi connectivity index (χ3v) is 4.96. The first-order valence-electron chi connectivity index (χ1n) is 10.3. The van der Waals surface area contributed by atoms with Crippen molar-refractivity contribution in [2.75, 3.05) is 17.6 Å². The van der Waals surface area contributed by atoms with Crippen LogP contribution in [0.2, 0.25) is 0 Å². The summed E-state index contributed by atoms with van der Waals surface area (Å²) >= 11 is 0. The van der Waals surface area contributed by atoms with E-state index in [0.717, 1.165) is 36.0 Å². The molecule has 2 aromatic carbocycles. The molecule has 7 nitrogen and oxygen atoms in total. The van der Waals surface area contributed by atoms with E-state index in [1.165, 1.54) is 6.33 Å². The molecule has 31 heavy (non-hydrogen) atoms. The van der Waals surface area contributed by atoms with Gasteiger partial charge in [0.05, 0.1) is 11.4 Å². The van der Waals surface area contributed by atoms with Gasteiger partial charge < -0.3 is 16.4 Å². The van der Waals surface area contributed by atoms with Crippen LogP contribution in [-0.4, -0.2) is 28.3 Å². The Morgan fingerprint density at radius 2 is 1.77 bits per heavy atom. The summed E-state index contributed by atoms with van der Waals surface area (Å²) in [4.78, 5) is 32.5. The molecule has 0 saturated heterocycles. The van der Waals surface area contributed by atoms with E-state index in [2.05, 4.69) is 20.6 Å². The Hall–Kier alpha value is -3.74. The summed E-state index contributed by atoms with van der Waals surface area (Å²) in [5.41, 5.74) is 10.6. The van der Waals surface area contributed by atoms with Gasteiger partial charge in [-0.05, 0) is 55.2 Å². The van der Waals surface area contributed by atoms with Crippen LogP contribution in [0.3, 0.4) is 0 Å². The number of carbonyl (C=O) groups excluding carboxylic acids is 2. The number of amides is 2. The summed E-state index contributed by atoms with van der Waals surface area (Å²) < 4.78 is 0. The van der Waals surface area contributed by atoms with E-state index in [9.17, 15) is 9.59 Å². The molecule has 0 fully saturated rings. The first-order chi connectivity index (χ1) is 15.0. The van der Waals surface area contributed by atoms with Gasteiger partial charge in [-0.1, -0.05) is 24.6 Å². The third kappa shape index (κ3) is 6.37. The number of carbonyl (C=O) groups is 2. The number of hydrogen-bond acceptors (Lipinski definition) is 5. The monoisotopic (exact) mass is 417 g/mol. The molecule has 3 aromatic rings. The normalized spacial score (nSPS) is 10.5. The number of aryl methyl sites for hydroxylation is 1. The van der Waals surface area contributed by atoms with E-state index in [-0.39, 0.29) is 11.8 Å². The van der Waals surface area contributed by atoms with Gasteiger partial charge >= 0.3 is 0 Å². The quantitative estimate of drug-likeness (QED) is 0.360. The number of aromatic nitrogens is 2. The summed E-state index contributed by atoms with van der Waals surface area (Å²) in [5.74, 6) is -0.155. The molecule has 0 aliphatic carbocycles. The number of nitrogen functional groups attached to an aromatic ring is 1. The standard InChI is InChI=1S/C24H27N5O2/c1-17-13-18(10-11-20(17)19-14-26-16-27-15-19)24(31)28-12-6-2-3-9-23(30)29-22-8-5-4-7-21(22)25/h4-5,7-8,10-11,13-16H,2-3,6,9,12,25H2,1H3,(H,28,31)(H,29,30). The van der Waals surface area contributed by atoms with Crippen LogP contribution >= 0.6 is 0 Å². The molecule has 2 amide bonds. The van der Waals surface area contributed by atoms with Crippen molar-refractivity contribution in [1.82, 2.24) is 15.3 Å². The number of hydrogen-bond donors (Lipinski definition) is 3. The second-order valence-electron chi connectivity index (χ2n) is 7.36. The van der Waals surface area contributed by atoms with Gasteiger partial charge in [0.15, 0.2) is 0 Å². The summed E-state index contributed by atoms with van der Waals surface area (Å²) in [6.07, 6.45) is 7.84. The van der Waals surface area contributed by atoms with Crippen molar-refractivity contribution in [2.24, 2.45) is 0 Å². The highest BCUT2D eigenvalue weighted by atomic mass is 16.2. The zero-order chi connectivity index (χ0) is 22.1. The molecule has 160 valence electrons. The maximum Gasteiger partial charge on any atom is 0.251 e. The summed E-state index contributed by atoms with van der Waals surface area (Å²) in [7, 11) is 0. The molecule has 0 unspecified atom stereocenters. The maximum atomic E-state index is 12.4. The van der Waals surface area contributed by atoms with Crippen LogP contribution in [-0.2, 0) is 4.79 Å². The van der Waals surface area contributed by atoms with E-state index in [1.807, 2.05) is 37.3 Å². The second-order valence-corrected chi connectivity index (χ2v) is 7.36. The Morgan fingerprint density at radius 1 is 1.00 bits per heavy atom. The third-order valence-electron chi connectivity index (χ3n) is 4.96. The summed E-state index contributed by atoms with van der Waals surface area (Å²) in [6.45, 7) is 2.53. The Bertz CT molecular complexity index is 1040. The average molecular weight is 418 g/mol. The molecule has 1 aromatic heterocycles. The van der Waals surface area contributed by atoms with E-state index in [1.54, 1.807) is 24.5 Å². The molecule has 0 saturated carbocycles. The fourth-order valence-electron chi connectivity index (χ4n) is 3.28. The van der Waals surface area contributed by atoms with E-state index >= 15 is 0 Å². The average Bonchev–Trinajstić information content (AvgIpc) is 2.78. The zero-order valence-corrected chi connectivity index (χ0v) is 17.6. The lowest BCUT2D eigenvalue weighted by molar-refractivity contribution is -0.116. The van der Waals surface area contributed by atoms with Crippen molar-refractivity contribution in [3.8, 4) is 11.1 Å². The number of nitrogens with two attached hydrogens (primary N) is 1. The molecule has 0 aliphatic heterocycles. The lowest BCUT2D eigenvalue weighted by Crippen LogP contribution is -2.24.